The van der Waals surface area contributed by atoms with Crippen molar-refractivity contribution < 1.29 is 14.0 Å². The zero-order valence-electron chi connectivity index (χ0n) is 10.5. The summed E-state index contributed by atoms with van der Waals surface area (Å²) in [6, 6.07) is 4.36. The van der Waals surface area contributed by atoms with Crippen molar-refractivity contribution in [3.8, 4) is 0 Å². The number of hydrogen-bond donors (Lipinski definition) is 2. The van der Waals surface area contributed by atoms with Crippen LogP contribution in [0.2, 0.25) is 5.02 Å². The largest absolute Gasteiger partial charge is 0.392 e. The molecule has 5 nitrogen and oxygen atoms in total. The first-order chi connectivity index (χ1) is 9.63. The molecule has 0 unspecified atom stereocenters. The highest BCUT2D eigenvalue weighted by molar-refractivity contribution is 6.31. The standard InChI is InChI=1S/C13H13ClFN3O2/c14-9-2-1-3-10(15)8(9)5-12-17-13(20-18-12)11-4-7(19)6-16-11/h1-3,7,11,16,19H,4-6H2/t7-,11+/m0/s1. The fraction of sp³-hybridized carbons (Fsp3) is 0.385. The highest BCUT2D eigenvalue weighted by atomic mass is 35.5. The molecule has 0 aliphatic carbocycles. The monoisotopic (exact) mass is 297 g/mol. The van der Waals surface area contributed by atoms with E-state index in [0.29, 0.717) is 35.3 Å². The second-order valence-corrected chi connectivity index (χ2v) is 5.18. The summed E-state index contributed by atoms with van der Waals surface area (Å²) in [5.74, 6) is 0.387. The Balaban J connectivity index is 1.77. The number of nitrogens with zero attached hydrogens (tertiary/aromatic N) is 2. The van der Waals surface area contributed by atoms with Crippen molar-refractivity contribution in [1.82, 2.24) is 15.5 Å². The molecule has 1 aliphatic rings. The van der Waals surface area contributed by atoms with Gasteiger partial charge in [0, 0.05) is 23.6 Å². The van der Waals surface area contributed by atoms with E-state index in [1.54, 1.807) is 12.1 Å². The normalized spacial score (nSPS) is 22.4. The lowest BCUT2D eigenvalue weighted by atomic mass is 10.1. The van der Waals surface area contributed by atoms with Gasteiger partial charge in [-0.25, -0.2) is 4.39 Å². The van der Waals surface area contributed by atoms with Crippen molar-refractivity contribution in [2.75, 3.05) is 6.54 Å². The van der Waals surface area contributed by atoms with Crippen LogP contribution < -0.4 is 5.32 Å². The highest BCUT2D eigenvalue weighted by Gasteiger charge is 2.28. The second-order valence-electron chi connectivity index (χ2n) is 4.78. The molecule has 0 saturated carbocycles. The Bertz CT molecular complexity index is 599. The lowest BCUT2D eigenvalue weighted by molar-refractivity contribution is 0.191. The number of aliphatic hydroxyl groups excluding tert-OH is 1. The molecule has 7 heteroatoms. The lowest BCUT2D eigenvalue weighted by Gasteiger charge is -2.03. The number of aromatic nitrogens is 2. The third-order valence-corrected chi connectivity index (χ3v) is 3.64. The first kappa shape index (κ1) is 13.5. The number of rotatable bonds is 3. The van der Waals surface area contributed by atoms with Gasteiger partial charge in [-0.3, -0.25) is 0 Å². The molecular formula is C13H13ClFN3O2. The van der Waals surface area contributed by atoms with Gasteiger partial charge in [-0.1, -0.05) is 22.8 Å². The Morgan fingerprint density at radius 2 is 2.35 bits per heavy atom. The van der Waals surface area contributed by atoms with Crippen LogP contribution in [0.3, 0.4) is 0 Å². The minimum Gasteiger partial charge on any atom is -0.392 e. The topological polar surface area (TPSA) is 71.2 Å². The summed E-state index contributed by atoms with van der Waals surface area (Å²) < 4.78 is 18.8. The van der Waals surface area contributed by atoms with E-state index in [1.807, 2.05) is 0 Å². The molecule has 3 rings (SSSR count). The van der Waals surface area contributed by atoms with Gasteiger partial charge in [0.25, 0.3) is 0 Å². The van der Waals surface area contributed by atoms with E-state index in [4.69, 9.17) is 16.1 Å². The first-order valence-electron chi connectivity index (χ1n) is 6.30. The molecule has 1 fully saturated rings. The smallest absolute Gasteiger partial charge is 0.243 e. The Hall–Kier alpha value is -1.50. The van der Waals surface area contributed by atoms with E-state index >= 15 is 0 Å². The number of β-amino-alcohol motifs (C(OH)–C–C–N with tert-alkyl or cyclic N) is 1. The fourth-order valence-electron chi connectivity index (χ4n) is 2.25. The van der Waals surface area contributed by atoms with Crippen LogP contribution in [-0.4, -0.2) is 27.9 Å². The Kier molecular flexibility index (Phi) is 3.69. The quantitative estimate of drug-likeness (QED) is 0.904. The number of halogens is 2. The summed E-state index contributed by atoms with van der Waals surface area (Å²) in [5, 5.41) is 16.7. The average Bonchev–Trinajstić information content (AvgIpc) is 3.03. The summed E-state index contributed by atoms with van der Waals surface area (Å²) in [4.78, 5) is 4.23. The summed E-state index contributed by atoms with van der Waals surface area (Å²) in [6.07, 6.45) is 0.295. The van der Waals surface area contributed by atoms with E-state index in [1.165, 1.54) is 6.07 Å². The van der Waals surface area contributed by atoms with Gasteiger partial charge in [0.15, 0.2) is 5.82 Å². The zero-order chi connectivity index (χ0) is 14.1. The summed E-state index contributed by atoms with van der Waals surface area (Å²) in [6.45, 7) is 0.502. The minimum absolute atomic E-state index is 0.151. The van der Waals surface area contributed by atoms with Crippen molar-refractivity contribution in [2.24, 2.45) is 0 Å². The van der Waals surface area contributed by atoms with Crippen LogP contribution in [-0.2, 0) is 6.42 Å². The highest BCUT2D eigenvalue weighted by Crippen LogP contribution is 2.24. The van der Waals surface area contributed by atoms with Crippen molar-refractivity contribution >= 4 is 11.6 Å². The maximum absolute atomic E-state index is 13.7. The molecule has 1 aromatic carbocycles. The minimum atomic E-state index is -0.406. The molecule has 106 valence electrons. The van der Waals surface area contributed by atoms with Crippen molar-refractivity contribution in [1.29, 1.82) is 0 Å². The lowest BCUT2D eigenvalue weighted by Crippen LogP contribution is -2.15. The van der Waals surface area contributed by atoms with Crippen LogP contribution in [0.1, 0.15) is 29.7 Å². The molecule has 2 aromatic rings. The van der Waals surface area contributed by atoms with E-state index < -0.39 is 11.9 Å². The molecule has 0 radical (unpaired) electrons. The maximum Gasteiger partial charge on any atom is 0.243 e. The molecule has 0 bridgehead atoms. The van der Waals surface area contributed by atoms with Crippen LogP contribution in [0.15, 0.2) is 22.7 Å². The molecule has 1 saturated heterocycles. The summed E-state index contributed by atoms with van der Waals surface area (Å²) in [7, 11) is 0. The second kappa shape index (κ2) is 5.47. The van der Waals surface area contributed by atoms with Crippen LogP contribution in [0, 0.1) is 5.82 Å². The van der Waals surface area contributed by atoms with Gasteiger partial charge in [-0.05, 0) is 18.6 Å². The molecule has 0 amide bonds. The van der Waals surface area contributed by atoms with Crippen LogP contribution in [0.4, 0.5) is 4.39 Å². The third-order valence-electron chi connectivity index (χ3n) is 3.29. The van der Waals surface area contributed by atoms with E-state index in [0.717, 1.165) is 0 Å². The SMILES string of the molecule is O[C@@H]1CN[C@@H](c2nc(Cc3c(F)cccc3Cl)no2)C1. The Morgan fingerprint density at radius 3 is 3.05 bits per heavy atom. The number of benzene rings is 1. The Morgan fingerprint density at radius 1 is 1.50 bits per heavy atom. The zero-order valence-corrected chi connectivity index (χ0v) is 11.3. The maximum atomic E-state index is 13.7. The van der Waals surface area contributed by atoms with E-state index in [-0.39, 0.29) is 12.5 Å². The van der Waals surface area contributed by atoms with Crippen LogP contribution >= 0.6 is 11.6 Å². The predicted molar refractivity (Wildman–Crippen MR) is 69.9 cm³/mol. The van der Waals surface area contributed by atoms with Gasteiger partial charge in [0.05, 0.1) is 12.1 Å². The molecule has 0 spiro atoms. The van der Waals surface area contributed by atoms with Gasteiger partial charge in [-0.15, -0.1) is 0 Å². The predicted octanol–water partition coefficient (Wildman–Crippen LogP) is 1.85. The van der Waals surface area contributed by atoms with E-state index in [9.17, 15) is 9.50 Å². The van der Waals surface area contributed by atoms with Gasteiger partial charge < -0.3 is 14.9 Å². The molecule has 20 heavy (non-hydrogen) atoms. The summed E-state index contributed by atoms with van der Waals surface area (Å²) >= 11 is 5.96. The number of nitrogens with one attached hydrogen (secondary N) is 1. The summed E-state index contributed by atoms with van der Waals surface area (Å²) in [5.41, 5.74) is 0.348. The van der Waals surface area contributed by atoms with Gasteiger partial charge in [0.2, 0.25) is 5.89 Å². The molecule has 2 atom stereocenters. The van der Waals surface area contributed by atoms with Gasteiger partial charge in [0.1, 0.15) is 5.82 Å². The molecule has 2 N–H and O–H groups in total. The average molecular weight is 298 g/mol. The van der Waals surface area contributed by atoms with E-state index in [2.05, 4.69) is 15.5 Å². The third kappa shape index (κ3) is 2.67. The Labute approximate surface area is 119 Å². The van der Waals surface area contributed by atoms with Crippen LogP contribution in [0.5, 0.6) is 0 Å². The molecule has 1 aromatic heterocycles. The van der Waals surface area contributed by atoms with Crippen LogP contribution in [0.25, 0.3) is 0 Å². The fourth-order valence-corrected chi connectivity index (χ4v) is 2.48. The number of aliphatic hydroxyl groups is 1. The molecule has 1 aliphatic heterocycles. The molecule has 2 heterocycles. The van der Waals surface area contributed by atoms with Crippen molar-refractivity contribution in [3.05, 3.63) is 46.3 Å². The molecular weight excluding hydrogens is 285 g/mol. The van der Waals surface area contributed by atoms with Gasteiger partial charge in [-0.2, -0.15) is 4.98 Å². The first-order valence-corrected chi connectivity index (χ1v) is 6.68. The van der Waals surface area contributed by atoms with Crippen molar-refractivity contribution in [2.45, 2.75) is 25.0 Å². The number of hydrogen-bond acceptors (Lipinski definition) is 5. The van der Waals surface area contributed by atoms with Gasteiger partial charge >= 0.3 is 0 Å². The van der Waals surface area contributed by atoms with Crippen molar-refractivity contribution in [3.63, 3.8) is 0 Å².